The average molecular weight is 179 g/mol. The highest BCUT2D eigenvalue weighted by Gasteiger charge is 2.35. The van der Waals surface area contributed by atoms with Crippen molar-refractivity contribution in [1.82, 2.24) is 9.78 Å². The quantitative estimate of drug-likeness (QED) is 0.761. The Balaban J connectivity index is 1.94. The van der Waals surface area contributed by atoms with Crippen molar-refractivity contribution >= 4 is 0 Å². The van der Waals surface area contributed by atoms with Crippen LogP contribution in [0.25, 0.3) is 0 Å². The molecule has 0 amide bonds. The van der Waals surface area contributed by atoms with Crippen molar-refractivity contribution in [2.24, 2.45) is 5.73 Å². The minimum atomic E-state index is 0.392. The standard InChI is InChI=1S/C10H17N3/c1-2-3-4-13-7-8(6-12-13)9-5-10(9)11/h6-7,9-10H,2-5,11H2,1H3. The first-order valence-corrected chi connectivity index (χ1v) is 5.09. The first-order chi connectivity index (χ1) is 6.31. The molecule has 2 atom stereocenters. The molecule has 0 saturated heterocycles. The highest BCUT2D eigenvalue weighted by atomic mass is 15.3. The molecule has 1 aliphatic rings. The summed E-state index contributed by atoms with van der Waals surface area (Å²) in [5.41, 5.74) is 7.09. The molecular formula is C10H17N3. The zero-order chi connectivity index (χ0) is 9.26. The smallest absolute Gasteiger partial charge is 0.0525 e. The molecule has 3 nitrogen and oxygen atoms in total. The third-order valence-corrected chi connectivity index (χ3v) is 2.66. The largest absolute Gasteiger partial charge is 0.327 e. The highest BCUT2D eigenvalue weighted by molar-refractivity contribution is 5.22. The predicted molar refractivity (Wildman–Crippen MR) is 52.5 cm³/mol. The van der Waals surface area contributed by atoms with E-state index < -0.39 is 0 Å². The van der Waals surface area contributed by atoms with E-state index in [0.29, 0.717) is 12.0 Å². The fourth-order valence-electron chi connectivity index (χ4n) is 1.61. The lowest BCUT2D eigenvalue weighted by Crippen LogP contribution is -2.00. The first kappa shape index (κ1) is 8.75. The Morgan fingerprint density at radius 1 is 1.69 bits per heavy atom. The average Bonchev–Trinajstić information content (AvgIpc) is 2.67. The zero-order valence-electron chi connectivity index (χ0n) is 8.11. The summed E-state index contributed by atoms with van der Waals surface area (Å²) in [5, 5.41) is 4.31. The van der Waals surface area contributed by atoms with Crippen LogP contribution in [0.4, 0.5) is 0 Å². The molecule has 2 unspecified atom stereocenters. The van der Waals surface area contributed by atoms with E-state index in [4.69, 9.17) is 5.73 Å². The molecule has 1 aromatic rings. The van der Waals surface area contributed by atoms with Gasteiger partial charge in [-0.1, -0.05) is 13.3 Å². The van der Waals surface area contributed by atoms with E-state index in [2.05, 4.69) is 18.2 Å². The Bertz CT molecular complexity index is 279. The second kappa shape index (κ2) is 3.50. The number of aryl methyl sites for hydroxylation is 1. The lowest BCUT2D eigenvalue weighted by Gasteiger charge is -1.97. The molecule has 2 N–H and O–H groups in total. The molecule has 3 heteroatoms. The molecule has 72 valence electrons. The Morgan fingerprint density at radius 3 is 3.08 bits per heavy atom. The molecule has 1 fully saturated rings. The summed E-state index contributed by atoms with van der Waals surface area (Å²) in [5.74, 6) is 0.593. The van der Waals surface area contributed by atoms with Gasteiger partial charge < -0.3 is 5.73 Å². The van der Waals surface area contributed by atoms with Crippen molar-refractivity contribution in [2.45, 2.75) is 44.7 Å². The van der Waals surface area contributed by atoms with Gasteiger partial charge in [-0.25, -0.2) is 0 Å². The SMILES string of the molecule is CCCCn1cc(C2CC2N)cn1. The third kappa shape index (κ3) is 1.91. The first-order valence-electron chi connectivity index (χ1n) is 5.09. The molecule has 0 spiro atoms. The molecule has 2 rings (SSSR count). The van der Waals surface area contributed by atoms with Crippen LogP contribution in [-0.4, -0.2) is 15.8 Å². The molecule has 0 bridgehead atoms. The van der Waals surface area contributed by atoms with E-state index >= 15 is 0 Å². The number of rotatable bonds is 4. The van der Waals surface area contributed by atoms with E-state index in [1.807, 2.05) is 10.9 Å². The van der Waals surface area contributed by atoms with Crippen molar-refractivity contribution in [3.63, 3.8) is 0 Å². The third-order valence-electron chi connectivity index (χ3n) is 2.66. The predicted octanol–water partition coefficient (Wildman–Crippen LogP) is 1.50. The van der Waals surface area contributed by atoms with Gasteiger partial charge in [0.2, 0.25) is 0 Å². The van der Waals surface area contributed by atoms with Crippen molar-refractivity contribution in [3.05, 3.63) is 18.0 Å². The van der Waals surface area contributed by atoms with Gasteiger partial charge in [0.1, 0.15) is 0 Å². The van der Waals surface area contributed by atoms with E-state index in [1.165, 1.54) is 18.4 Å². The van der Waals surface area contributed by atoms with Crippen molar-refractivity contribution in [1.29, 1.82) is 0 Å². The normalized spacial score (nSPS) is 26.3. The Morgan fingerprint density at radius 2 is 2.46 bits per heavy atom. The molecular weight excluding hydrogens is 162 g/mol. The number of unbranched alkanes of at least 4 members (excludes halogenated alkanes) is 1. The van der Waals surface area contributed by atoms with E-state index in [9.17, 15) is 0 Å². The van der Waals surface area contributed by atoms with E-state index in [1.54, 1.807) is 0 Å². The van der Waals surface area contributed by atoms with E-state index in [-0.39, 0.29) is 0 Å². The molecule has 1 aromatic heterocycles. The summed E-state index contributed by atoms with van der Waals surface area (Å²) in [6, 6.07) is 0.392. The maximum atomic E-state index is 5.77. The van der Waals surface area contributed by atoms with E-state index in [0.717, 1.165) is 13.0 Å². The van der Waals surface area contributed by atoms with Crippen molar-refractivity contribution < 1.29 is 0 Å². The molecule has 0 aromatic carbocycles. The van der Waals surface area contributed by atoms with Gasteiger partial charge in [0, 0.05) is 24.7 Å². The summed E-state index contributed by atoms with van der Waals surface area (Å²) in [7, 11) is 0. The Hall–Kier alpha value is -0.830. The van der Waals surface area contributed by atoms with Crippen molar-refractivity contribution in [3.8, 4) is 0 Å². The number of hydrogen-bond donors (Lipinski definition) is 1. The van der Waals surface area contributed by atoms with Crippen LogP contribution in [0.1, 0.15) is 37.7 Å². The number of hydrogen-bond acceptors (Lipinski definition) is 2. The van der Waals surface area contributed by atoms with Gasteiger partial charge in [0.15, 0.2) is 0 Å². The fraction of sp³-hybridized carbons (Fsp3) is 0.700. The minimum Gasteiger partial charge on any atom is -0.327 e. The highest BCUT2D eigenvalue weighted by Crippen LogP contribution is 2.38. The Kier molecular flexibility index (Phi) is 2.36. The molecule has 1 aliphatic carbocycles. The van der Waals surface area contributed by atoms with Crippen LogP contribution in [-0.2, 0) is 6.54 Å². The van der Waals surface area contributed by atoms with Crippen LogP contribution in [0, 0.1) is 0 Å². The number of aromatic nitrogens is 2. The second-order valence-corrected chi connectivity index (χ2v) is 3.90. The lowest BCUT2D eigenvalue weighted by molar-refractivity contribution is 0.571. The maximum absolute atomic E-state index is 5.77. The summed E-state index contributed by atoms with van der Waals surface area (Å²) < 4.78 is 2.03. The van der Waals surface area contributed by atoms with Crippen LogP contribution in [0.15, 0.2) is 12.4 Å². The van der Waals surface area contributed by atoms with Crippen molar-refractivity contribution in [2.75, 3.05) is 0 Å². The topological polar surface area (TPSA) is 43.8 Å². The zero-order valence-corrected chi connectivity index (χ0v) is 8.11. The summed E-state index contributed by atoms with van der Waals surface area (Å²) in [6.45, 7) is 3.24. The molecule has 13 heavy (non-hydrogen) atoms. The van der Waals surface area contributed by atoms with Gasteiger partial charge in [0.05, 0.1) is 6.20 Å². The number of nitrogens with two attached hydrogens (primary N) is 1. The van der Waals surface area contributed by atoms with Gasteiger partial charge in [-0.15, -0.1) is 0 Å². The summed E-state index contributed by atoms with van der Waals surface area (Å²) >= 11 is 0. The van der Waals surface area contributed by atoms with Crippen LogP contribution in [0.3, 0.4) is 0 Å². The van der Waals surface area contributed by atoms with Gasteiger partial charge in [0.25, 0.3) is 0 Å². The second-order valence-electron chi connectivity index (χ2n) is 3.90. The minimum absolute atomic E-state index is 0.392. The van der Waals surface area contributed by atoms with Gasteiger partial charge in [-0.2, -0.15) is 5.10 Å². The van der Waals surface area contributed by atoms with Crippen LogP contribution >= 0.6 is 0 Å². The van der Waals surface area contributed by atoms with Crippen LogP contribution in [0.5, 0.6) is 0 Å². The van der Waals surface area contributed by atoms with Crippen LogP contribution < -0.4 is 5.73 Å². The maximum Gasteiger partial charge on any atom is 0.0525 e. The summed E-state index contributed by atoms with van der Waals surface area (Å²) in [6.07, 6.45) is 7.68. The lowest BCUT2D eigenvalue weighted by atomic mass is 10.2. The van der Waals surface area contributed by atoms with Crippen LogP contribution in [0.2, 0.25) is 0 Å². The molecule has 1 saturated carbocycles. The van der Waals surface area contributed by atoms with Gasteiger partial charge in [-0.3, -0.25) is 4.68 Å². The van der Waals surface area contributed by atoms with Gasteiger partial charge in [-0.05, 0) is 18.4 Å². The molecule has 0 radical (unpaired) electrons. The summed E-state index contributed by atoms with van der Waals surface area (Å²) in [4.78, 5) is 0. The molecule has 0 aliphatic heterocycles. The number of nitrogens with zero attached hydrogens (tertiary/aromatic N) is 2. The Labute approximate surface area is 78.9 Å². The monoisotopic (exact) mass is 179 g/mol. The fourth-order valence-corrected chi connectivity index (χ4v) is 1.61. The molecule has 1 heterocycles. The van der Waals surface area contributed by atoms with Gasteiger partial charge >= 0.3 is 0 Å².